The zero-order valence-corrected chi connectivity index (χ0v) is 20.3. The lowest BCUT2D eigenvalue weighted by Gasteiger charge is -2.39. The molecule has 1 aliphatic rings. The molecule has 33 heavy (non-hydrogen) atoms. The molecule has 0 aromatic heterocycles. The van der Waals surface area contributed by atoms with Gasteiger partial charge in [-0.25, -0.2) is 13.3 Å². The summed E-state index contributed by atoms with van der Waals surface area (Å²) in [5, 5.41) is 2.60. The SMILES string of the molecule is CCC(C)(C)N(C1CC(=O)N(c2ccc(C)cc2)C1=O)S(=O)(=O)c1ccc(NC(C)=O)cc1. The van der Waals surface area contributed by atoms with Crippen LogP contribution in [0.15, 0.2) is 53.4 Å². The second-order valence-electron chi connectivity index (χ2n) is 8.80. The molecule has 1 N–H and O–H groups in total. The predicted octanol–water partition coefficient (Wildman–Crippen LogP) is 3.46. The molecule has 3 amide bonds. The molecule has 0 saturated carbocycles. The van der Waals surface area contributed by atoms with Crippen LogP contribution in [-0.4, -0.2) is 42.0 Å². The van der Waals surface area contributed by atoms with Crippen molar-refractivity contribution in [3.8, 4) is 0 Å². The molecule has 0 radical (unpaired) electrons. The second kappa shape index (κ2) is 9.07. The van der Waals surface area contributed by atoms with Crippen LogP contribution in [0.25, 0.3) is 0 Å². The number of nitrogens with zero attached hydrogens (tertiary/aromatic N) is 2. The average molecular weight is 472 g/mol. The zero-order valence-electron chi connectivity index (χ0n) is 19.5. The predicted molar refractivity (Wildman–Crippen MR) is 126 cm³/mol. The fourth-order valence-corrected chi connectivity index (χ4v) is 5.85. The molecule has 0 bridgehead atoms. The van der Waals surface area contributed by atoms with Crippen LogP contribution in [0.1, 0.15) is 46.1 Å². The Morgan fingerprint density at radius 2 is 1.67 bits per heavy atom. The van der Waals surface area contributed by atoms with Gasteiger partial charge in [0.05, 0.1) is 17.0 Å². The number of amides is 3. The molecular formula is C24H29N3O5S. The van der Waals surface area contributed by atoms with Crippen molar-refractivity contribution in [3.05, 3.63) is 54.1 Å². The molecule has 1 unspecified atom stereocenters. The monoisotopic (exact) mass is 471 g/mol. The lowest BCUT2D eigenvalue weighted by molar-refractivity contribution is -0.123. The minimum Gasteiger partial charge on any atom is -0.326 e. The molecule has 8 nitrogen and oxygen atoms in total. The van der Waals surface area contributed by atoms with Gasteiger partial charge in [-0.3, -0.25) is 14.4 Å². The van der Waals surface area contributed by atoms with Gasteiger partial charge in [0.15, 0.2) is 0 Å². The Hall–Kier alpha value is -3.04. The fraction of sp³-hybridized carbons (Fsp3) is 0.375. The largest absolute Gasteiger partial charge is 0.326 e. The normalized spacial score (nSPS) is 17.0. The van der Waals surface area contributed by atoms with Crippen LogP contribution in [0.5, 0.6) is 0 Å². The second-order valence-corrected chi connectivity index (χ2v) is 10.6. The zero-order chi connectivity index (χ0) is 24.6. The minimum absolute atomic E-state index is 0.0211. The van der Waals surface area contributed by atoms with E-state index in [-0.39, 0.29) is 17.2 Å². The van der Waals surface area contributed by atoms with Crippen molar-refractivity contribution in [3.63, 3.8) is 0 Å². The van der Waals surface area contributed by atoms with Crippen molar-refractivity contribution in [1.82, 2.24) is 4.31 Å². The number of sulfonamides is 1. The number of rotatable bonds is 7. The molecule has 3 rings (SSSR count). The summed E-state index contributed by atoms with van der Waals surface area (Å²) in [5.41, 5.74) is 0.928. The van der Waals surface area contributed by atoms with Gasteiger partial charge in [-0.2, -0.15) is 4.31 Å². The Kier molecular flexibility index (Phi) is 6.76. The van der Waals surface area contributed by atoms with Crippen LogP contribution in [0.3, 0.4) is 0 Å². The fourth-order valence-electron chi connectivity index (χ4n) is 3.86. The Balaban J connectivity index is 2.03. The van der Waals surface area contributed by atoms with Gasteiger partial charge < -0.3 is 5.32 Å². The third-order valence-corrected chi connectivity index (χ3v) is 8.03. The first-order valence-electron chi connectivity index (χ1n) is 10.7. The summed E-state index contributed by atoms with van der Waals surface area (Å²) in [7, 11) is -4.15. The van der Waals surface area contributed by atoms with Crippen LogP contribution < -0.4 is 10.2 Å². The van der Waals surface area contributed by atoms with Gasteiger partial charge in [0, 0.05) is 18.2 Å². The van der Waals surface area contributed by atoms with Gasteiger partial charge in [0.25, 0.3) is 5.91 Å². The Labute approximate surface area is 194 Å². The van der Waals surface area contributed by atoms with E-state index >= 15 is 0 Å². The summed E-state index contributed by atoms with van der Waals surface area (Å²) in [6, 6.07) is 11.5. The van der Waals surface area contributed by atoms with E-state index in [0.29, 0.717) is 17.8 Å². The molecule has 0 aliphatic carbocycles. The number of carbonyl (C=O) groups is 3. The van der Waals surface area contributed by atoms with Crippen molar-refractivity contribution >= 4 is 39.1 Å². The van der Waals surface area contributed by atoms with Crippen LogP contribution in [0, 0.1) is 6.92 Å². The summed E-state index contributed by atoms with van der Waals surface area (Å²) in [5.74, 6) is -1.28. The van der Waals surface area contributed by atoms with Gasteiger partial charge >= 0.3 is 0 Å². The molecule has 2 aromatic rings. The standard InChI is InChI=1S/C24H29N3O5S/c1-6-24(4,5)27(33(31,32)20-13-9-18(10-14-20)25-17(3)28)21-15-22(29)26(23(21)30)19-11-7-16(2)8-12-19/h7-14,21H,6,15H2,1-5H3,(H,25,28). The van der Waals surface area contributed by atoms with E-state index in [0.717, 1.165) is 10.5 Å². The number of hydrogen-bond donors (Lipinski definition) is 1. The molecule has 1 atom stereocenters. The van der Waals surface area contributed by atoms with E-state index in [1.807, 2.05) is 13.8 Å². The highest BCUT2D eigenvalue weighted by atomic mass is 32.2. The molecule has 1 fully saturated rings. The Morgan fingerprint density at radius 3 is 2.18 bits per heavy atom. The van der Waals surface area contributed by atoms with Gasteiger partial charge in [0.1, 0.15) is 6.04 Å². The quantitative estimate of drug-likeness (QED) is 0.623. The minimum atomic E-state index is -4.15. The van der Waals surface area contributed by atoms with Gasteiger partial charge in [0.2, 0.25) is 21.8 Å². The molecule has 9 heteroatoms. The van der Waals surface area contributed by atoms with Gasteiger partial charge in [-0.15, -0.1) is 0 Å². The maximum Gasteiger partial charge on any atom is 0.252 e. The third-order valence-electron chi connectivity index (χ3n) is 5.89. The third kappa shape index (κ3) is 4.84. The molecule has 1 aliphatic heterocycles. The van der Waals surface area contributed by atoms with Crippen molar-refractivity contribution in [2.24, 2.45) is 0 Å². The van der Waals surface area contributed by atoms with Crippen molar-refractivity contribution in [2.75, 3.05) is 10.2 Å². The van der Waals surface area contributed by atoms with E-state index < -0.39 is 33.4 Å². The highest BCUT2D eigenvalue weighted by molar-refractivity contribution is 7.89. The molecule has 1 saturated heterocycles. The highest BCUT2D eigenvalue weighted by Gasteiger charge is 2.51. The smallest absolute Gasteiger partial charge is 0.252 e. The number of benzene rings is 2. The van der Waals surface area contributed by atoms with E-state index in [1.165, 1.54) is 35.5 Å². The average Bonchev–Trinajstić information content (AvgIpc) is 3.02. The van der Waals surface area contributed by atoms with Crippen LogP contribution in [-0.2, 0) is 24.4 Å². The van der Waals surface area contributed by atoms with Crippen LogP contribution in [0.2, 0.25) is 0 Å². The van der Waals surface area contributed by atoms with Gasteiger partial charge in [-0.05, 0) is 63.6 Å². The summed E-state index contributed by atoms with van der Waals surface area (Å²) in [4.78, 5) is 38.6. The summed E-state index contributed by atoms with van der Waals surface area (Å²) in [6.07, 6.45) is 0.193. The number of aryl methyl sites for hydroxylation is 1. The molecule has 2 aromatic carbocycles. The lowest BCUT2D eigenvalue weighted by Crippen LogP contribution is -2.55. The molecular weight excluding hydrogens is 442 g/mol. The number of anilines is 2. The van der Waals surface area contributed by atoms with Crippen molar-refractivity contribution in [2.45, 2.75) is 63.9 Å². The lowest BCUT2D eigenvalue weighted by atomic mass is 10.00. The first-order valence-corrected chi connectivity index (χ1v) is 12.2. The number of hydrogen-bond acceptors (Lipinski definition) is 5. The highest BCUT2D eigenvalue weighted by Crippen LogP contribution is 2.36. The maximum absolute atomic E-state index is 13.8. The van der Waals surface area contributed by atoms with Crippen LogP contribution in [0.4, 0.5) is 11.4 Å². The van der Waals surface area contributed by atoms with E-state index in [9.17, 15) is 22.8 Å². The van der Waals surface area contributed by atoms with E-state index in [4.69, 9.17) is 0 Å². The number of imide groups is 1. The molecule has 176 valence electrons. The number of nitrogens with one attached hydrogen (secondary N) is 1. The first-order chi connectivity index (χ1) is 15.4. The topological polar surface area (TPSA) is 104 Å². The van der Waals surface area contributed by atoms with Crippen molar-refractivity contribution in [1.29, 1.82) is 0 Å². The van der Waals surface area contributed by atoms with Crippen LogP contribution >= 0.6 is 0 Å². The van der Waals surface area contributed by atoms with E-state index in [2.05, 4.69) is 5.32 Å². The Morgan fingerprint density at radius 1 is 1.09 bits per heavy atom. The summed E-state index contributed by atoms with van der Waals surface area (Å²) >= 11 is 0. The Bertz CT molecular complexity index is 1170. The molecule has 0 spiro atoms. The molecule has 1 heterocycles. The van der Waals surface area contributed by atoms with E-state index in [1.54, 1.807) is 38.1 Å². The van der Waals surface area contributed by atoms with Crippen molar-refractivity contribution < 1.29 is 22.8 Å². The summed E-state index contributed by atoms with van der Waals surface area (Å²) in [6.45, 7) is 8.57. The van der Waals surface area contributed by atoms with Gasteiger partial charge in [-0.1, -0.05) is 24.6 Å². The maximum atomic E-state index is 13.8. The first kappa shape index (κ1) is 24.6. The number of carbonyl (C=O) groups excluding carboxylic acids is 3. The summed E-state index contributed by atoms with van der Waals surface area (Å²) < 4.78 is 28.7.